The van der Waals surface area contributed by atoms with Crippen LogP contribution in [0.1, 0.15) is 81.2 Å². The van der Waals surface area contributed by atoms with Gasteiger partial charge in [0.05, 0.1) is 6.10 Å². The molecule has 258 valence electrons. The van der Waals surface area contributed by atoms with Crippen LogP contribution in [0, 0.1) is 12.8 Å². The summed E-state index contributed by atoms with van der Waals surface area (Å²) >= 11 is 0. The third-order valence-corrected chi connectivity index (χ3v) is 8.68. The van der Waals surface area contributed by atoms with Gasteiger partial charge < -0.3 is 28.8 Å². The van der Waals surface area contributed by atoms with Crippen LogP contribution in [0.2, 0.25) is 0 Å². The van der Waals surface area contributed by atoms with Gasteiger partial charge in [-0.15, -0.1) is 0 Å². The van der Waals surface area contributed by atoms with Crippen molar-refractivity contribution in [3.8, 4) is 0 Å². The Morgan fingerprint density at radius 1 is 0.833 bits per heavy atom. The Bertz CT molecular complexity index is 1520. The highest BCUT2D eigenvalue weighted by atomic mass is 16.7. The Morgan fingerprint density at radius 2 is 1.46 bits per heavy atom. The van der Waals surface area contributed by atoms with E-state index in [-0.39, 0.29) is 25.0 Å². The smallest absolute Gasteiger partial charge is 0.303 e. The van der Waals surface area contributed by atoms with E-state index in [4.69, 9.17) is 28.8 Å². The summed E-state index contributed by atoms with van der Waals surface area (Å²) in [5, 5.41) is 9.05. The molecule has 10 heteroatoms. The summed E-state index contributed by atoms with van der Waals surface area (Å²) in [4.78, 5) is 48.6. The number of rotatable bonds is 12. The number of hydrogen-bond donors (Lipinski definition) is 1. The van der Waals surface area contributed by atoms with Crippen LogP contribution in [0.3, 0.4) is 0 Å². The molecule has 0 radical (unpaired) electrons. The Morgan fingerprint density at radius 3 is 2.06 bits per heavy atom. The van der Waals surface area contributed by atoms with Gasteiger partial charge in [0.1, 0.15) is 12.7 Å². The van der Waals surface area contributed by atoms with Crippen molar-refractivity contribution in [1.82, 2.24) is 0 Å². The minimum atomic E-state index is -1.20. The van der Waals surface area contributed by atoms with Crippen molar-refractivity contribution in [3.05, 3.63) is 82.4 Å². The van der Waals surface area contributed by atoms with Gasteiger partial charge >= 0.3 is 23.9 Å². The van der Waals surface area contributed by atoms with E-state index in [1.165, 1.54) is 38.8 Å². The van der Waals surface area contributed by atoms with E-state index in [0.29, 0.717) is 12.8 Å². The Balaban J connectivity index is 1.68. The molecule has 1 fully saturated rings. The largest absolute Gasteiger partial charge is 0.463 e. The molecule has 2 aromatic carbocycles. The highest BCUT2D eigenvalue weighted by molar-refractivity contribution is 5.75. The van der Waals surface area contributed by atoms with Crippen molar-refractivity contribution in [2.24, 2.45) is 5.92 Å². The number of aryl methyl sites for hydroxylation is 1. The second kappa shape index (κ2) is 16.7. The minimum Gasteiger partial charge on any atom is -0.463 e. The van der Waals surface area contributed by atoms with Crippen molar-refractivity contribution in [3.63, 3.8) is 0 Å². The minimum absolute atomic E-state index is 0.0434. The molecule has 1 saturated heterocycles. The zero-order chi connectivity index (χ0) is 35.0. The van der Waals surface area contributed by atoms with Gasteiger partial charge in [-0.25, -0.2) is 0 Å². The van der Waals surface area contributed by atoms with Crippen LogP contribution < -0.4 is 0 Å². The lowest BCUT2D eigenvalue weighted by molar-refractivity contribution is -0.254. The lowest BCUT2D eigenvalue weighted by atomic mass is 9.71. The van der Waals surface area contributed by atoms with Gasteiger partial charge in [0.25, 0.3) is 0 Å². The van der Waals surface area contributed by atoms with Crippen LogP contribution in [0.25, 0.3) is 11.6 Å². The van der Waals surface area contributed by atoms with Gasteiger partial charge in [0.15, 0.2) is 18.3 Å². The van der Waals surface area contributed by atoms with Crippen molar-refractivity contribution in [2.45, 2.75) is 97.2 Å². The van der Waals surface area contributed by atoms with Gasteiger partial charge in [-0.3, -0.25) is 19.2 Å². The van der Waals surface area contributed by atoms with Gasteiger partial charge in [-0.05, 0) is 71.4 Å². The second-order valence-corrected chi connectivity index (χ2v) is 12.5. The van der Waals surface area contributed by atoms with Gasteiger partial charge in [0.2, 0.25) is 0 Å². The summed E-state index contributed by atoms with van der Waals surface area (Å²) < 4.78 is 28.7. The van der Waals surface area contributed by atoms with Crippen molar-refractivity contribution < 1.29 is 48.0 Å². The SMILES string of the molecule is CC(=O)OCC1OC(CC2c3cccc(C)c3C(Cc3ccc(C=CCCO)cc3)=CC2C)C(OC(C)=O)C(OC(C)=O)C1OC(C)=O. The first-order valence-corrected chi connectivity index (χ1v) is 16.3. The number of ether oxygens (including phenoxy) is 5. The summed E-state index contributed by atoms with van der Waals surface area (Å²) in [5.74, 6) is -2.53. The standard InChI is InChI=1S/C38H46O10/c1-22-10-9-12-31-32(23(2)18-30(35(22)31)19-29-15-13-28(14-16-29)11-7-8-17-39)20-33-36(45-25(4)41)38(47-27(6)43)37(46-26(5)42)34(48-33)21-44-24(3)40/h7,9-16,18,23,32-34,36-39H,8,17,19-21H2,1-6H3. The number of fused-ring (bicyclic) bond motifs is 1. The lowest BCUT2D eigenvalue weighted by Crippen LogP contribution is -2.62. The maximum absolute atomic E-state index is 12.4. The highest BCUT2D eigenvalue weighted by Crippen LogP contribution is 2.45. The molecule has 7 unspecified atom stereocenters. The zero-order valence-electron chi connectivity index (χ0n) is 28.5. The fourth-order valence-corrected chi connectivity index (χ4v) is 6.75. The molecule has 1 heterocycles. The van der Waals surface area contributed by atoms with E-state index >= 15 is 0 Å². The molecule has 0 spiro atoms. The highest BCUT2D eigenvalue weighted by Gasteiger charge is 2.52. The van der Waals surface area contributed by atoms with Crippen LogP contribution in [-0.2, 0) is 49.3 Å². The molecule has 2 aliphatic rings. The number of aliphatic hydroxyl groups is 1. The van der Waals surface area contributed by atoms with Crippen LogP contribution in [0.5, 0.6) is 0 Å². The monoisotopic (exact) mass is 662 g/mol. The first kappa shape index (κ1) is 36.6. The molecule has 7 atom stereocenters. The molecule has 0 bridgehead atoms. The predicted molar refractivity (Wildman–Crippen MR) is 179 cm³/mol. The summed E-state index contributed by atoms with van der Waals surface area (Å²) in [6, 6.07) is 14.6. The number of carbonyl (C=O) groups excluding carboxylic acids is 4. The lowest BCUT2D eigenvalue weighted by Gasteiger charge is -2.46. The zero-order valence-corrected chi connectivity index (χ0v) is 28.5. The van der Waals surface area contributed by atoms with Crippen LogP contribution in [0.15, 0.2) is 54.6 Å². The number of esters is 4. The fourth-order valence-electron chi connectivity index (χ4n) is 6.75. The Kier molecular flexibility index (Phi) is 12.7. The summed E-state index contributed by atoms with van der Waals surface area (Å²) in [6.45, 7) is 9.01. The van der Waals surface area contributed by atoms with Crippen LogP contribution >= 0.6 is 0 Å². The average molecular weight is 663 g/mol. The third kappa shape index (κ3) is 9.41. The van der Waals surface area contributed by atoms with Crippen LogP contribution in [0.4, 0.5) is 0 Å². The predicted octanol–water partition coefficient (Wildman–Crippen LogP) is 5.27. The van der Waals surface area contributed by atoms with Gasteiger partial charge in [-0.2, -0.15) is 0 Å². The van der Waals surface area contributed by atoms with Gasteiger partial charge in [0, 0.05) is 34.3 Å². The molecule has 0 saturated carbocycles. The van der Waals surface area contributed by atoms with Crippen molar-refractivity contribution >= 4 is 35.5 Å². The second-order valence-electron chi connectivity index (χ2n) is 12.5. The van der Waals surface area contributed by atoms with E-state index < -0.39 is 54.4 Å². The van der Waals surface area contributed by atoms with E-state index in [0.717, 1.165) is 28.7 Å². The van der Waals surface area contributed by atoms with Crippen LogP contribution in [-0.4, -0.2) is 72.7 Å². The first-order chi connectivity index (χ1) is 22.9. The quantitative estimate of drug-likeness (QED) is 0.237. The Hall–Kier alpha value is -4.28. The number of benzene rings is 2. The third-order valence-electron chi connectivity index (χ3n) is 8.68. The number of hydrogen-bond acceptors (Lipinski definition) is 10. The molecule has 0 aromatic heterocycles. The normalized spacial score (nSPS) is 25.1. The molecule has 48 heavy (non-hydrogen) atoms. The topological polar surface area (TPSA) is 135 Å². The van der Waals surface area contributed by atoms with Gasteiger partial charge in [-0.1, -0.05) is 67.6 Å². The van der Waals surface area contributed by atoms with E-state index in [2.05, 4.69) is 56.3 Å². The first-order valence-electron chi connectivity index (χ1n) is 16.3. The number of allylic oxidation sites excluding steroid dienone is 2. The van der Waals surface area contributed by atoms with E-state index in [1.807, 2.05) is 18.2 Å². The maximum atomic E-state index is 12.4. The molecular weight excluding hydrogens is 616 g/mol. The number of carbonyl (C=O) groups is 4. The number of aliphatic hydroxyl groups excluding tert-OH is 1. The fraction of sp³-hybridized carbons (Fsp3) is 0.474. The Labute approximate surface area is 282 Å². The van der Waals surface area contributed by atoms with Crippen molar-refractivity contribution in [2.75, 3.05) is 13.2 Å². The molecule has 1 N–H and O–H groups in total. The maximum Gasteiger partial charge on any atom is 0.303 e. The molecule has 1 aliphatic carbocycles. The molecule has 0 amide bonds. The summed E-state index contributed by atoms with van der Waals surface area (Å²) in [7, 11) is 0. The molecule has 10 nitrogen and oxygen atoms in total. The average Bonchev–Trinajstić information content (AvgIpc) is 3.01. The summed E-state index contributed by atoms with van der Waals surface area (Å²) in [5.41, 5.74) is 6.84. The molecule has 2 aromatic rings. The molecule has 4 rings (SSSR count). The van der Waals surface area contributed by atoms with E-state index in [9.17, 15) is 19.2 Å². The summed E-state index contributed by atoms with van der Waals surface area (Å²) in [6.07, 6.45) is 2.68. The molecule has 1 aliphatic heterocycles. The van der Waals surface area contributed by atoms with E-state index in [1.54, 1.807) is 0 Å². The van der Waals surface area contributed by atoms with Crippen molar-refractivity contribution in [1.29, 1.82) is 0 Å². The molecular formula is C38H46O10.